The Hall–Kier alpha value is -1.10. The van der Waals surface area contributed by atoms with Gasteiger partial charge in [0.25, 0.3) is 0 Å². The minimum absolute atomic E-state index is 0.00870. The third-order valence-electron chi connectivity index (χ3n) is 2.25. The van der Waals surface area contributed by atoms with Crippen LogP contribution in [0.3, 0.4) is 0 Å². The first-order valence-electron chi connectivity index (χ1n) is 5.15. The molecule has 0 saturated heterocycles. The standard InChI is InChI=1S/C12H12ClN3S/c1-8(14)9-2-3-11(10(13)6-9)17-12-4-5-15-7-16-12/h2-8H,14H2,1H3/t8-/m0/s1. The van der Waals surface area contributed by atoms with Gasteiger partial charge < -0.3 is 5.73 Å². The van der Waals surface area contributed by atoms with E-state index in [-0.39, 0.29) is 6.04 Å². The van der Waals surface area contributed by atoms with Crippen LogP contribution in [0.5, 0.6) is 0 Å². The van der Waals surface area contributed by atoms with Gasteiger partial charge in [-0.3, -0.25) is 0 Å². The maximum atomic E-state index is 6.20. The van der Waals surface area contributed by atoms with Crippen LogP contribution in [0, 0.1) is 0 Å². The van der Waals surface area contributed by atoms with Crippen LogP contribution in [0.2, 0.25) is 5.02 Å². The van der Waals surface area contributed by atoms with E-state index in [4.69, 9.17) is 17.3 Å². The van der Waals surface area contributed by atoms with Crippen LogP contribution in [0.4, 0.5) is 0 Å². The molecule has 2 rings (SSSR count). The van der Waals surface area contributed by atoms with Gasteiger partial charge in [0.1, 0.15) is 11.4 Å². The van der Waals surface area contributed by atoms with Crippen molar-refractivity contribution in [1.29, 1.82) is 0 Å². The van der Waals surface area contributed by atoms with E-state index in [1.54, 1.807) is 6.20 Å². The lowest BCUT2D eigenvalue weighted by atomic mass is 10.1. The number of hydrogen-bond donors (Lipinski definition) is 1. The van der Waals surface area contributed by atoms with Crippen molar-refractivity contribution < 1.29 is 0 Å². The van der Waals surface area contributed by atoms with Crippen molar-refractivity contribution in [2.24, 2.45) is 5.73 Å². The van der Waals surface area contributed by atoms with Crippen LogP contribution in [-0.2, 0) is 0 Å². The second kappa shape index (κ2) is 5.49. The average Bonchev–Trinajstić information content (AvgIpc) is 2.33. The Morgan fingerprint density at radius 1 is 1.35 bits per heavy atom. The van der Waals surface area contributed by atoms with Gasteiger partial charge in [-0.25, -0.2) is 9.97 Å². The van der Waals surface area contributed by atoms with Crippen molar-refractivity contribution in [2.45, 2.75) is 22.9 Å². The normalized spacial score (nSPS) is 12.4. The van der Waals surface area contributed by atoms with Gasteiger partial charge in [-0.2, -0.15) is 0 Å². The van der Waals surface area contributed by atoms with E-state index in [0.717, 1.165) is 15.5 Å². The van der Waals surface area contributed by atoms with Gasteiger partial charge >= 0.3 is 0 Å². The molecular weight excluding hydrogens is 254 g/mol. The highest BCUT2D eigenvalue weighted by Gasteiger charge is 2.06. The number of nitrogens with two attached hydrogens (primary N) is 1. The fourth-order valence-corrected chi connectivity index (χ4v) is 2.39. The quantitative estimate of drug-likeness (QED) is 0.865. The van der Waals surface area contributed by atoms with Gasteiger partial charge in [0.15, 0.2) is 0 Å². The molecule has 0 saturated carbocycles. The number of rotatable bonds is 3. The van der Waals surface area contributed by atoms with E-state index in [9.17, 15) is 0 Å². The molecule has 1 heterocycles. The molecule has 2 N–H and O–H groups in total. The topological polar surface area (TPSA) is 51.8 Å². The number of halogens is 1. The summed E-state index contributed by atoms with van der Waals surface area (Å²) in [7, 11) is 0. The molecule has 5 heteroatoms. The van der Waals surface area contributed by atoms with Crippen LogP contribution in [-0.4, -0.2) is 9.97 Å². The summed E-state index contributed by atoms with van der Waals surface area (Å²) in [4.78, 5) is 8.98. The summed E-state index contributed by atoms with van der Waals surface area (Å²) in [5.41, 5.74) is 6.83. The summed E-state index contributed by atoms with van der Waals surface area (Å²) >= 11 is 7.71. The molecule has 3 nitrogen and oxygen atoms in total. The van der Waals surface area contributed by atoms with Crippen molar-refractivity contribution in [2.75, 3.05) is 0 Å². The molecule has 0 amide bonds. The van der Waals surface area contributed by atoms with Crippen molar-refractivity contribution in [3.8, 4) is 0 Å². The minimum atomic E-state index is -0.00870. The van der Waals surface area contributed by atoms with Crippen molar-refractivity contribution in [3.05, 3.63) is 47.4 Å². The van der Waals surface area contributed by atoms with Gasteiger partial charge in [0.05, 0.1) is 5.02 Å². The van der Waals surface area contributed by atoms with E-state index >= 15 is 0 Å². The SMILES string of the molecule is C[C@H](N)c1ccc(Sc2ccncn2)c(Cl)c1. The van der Waals surface area contributed by atoms with E-state index in [1.165, 1.54) is 18.1 Å². The molecule has 1 aromatic heterocycles. The van der Waals surface area contributed by atoms with Crippen LogP contribution >= 0.6 is 23.4 Å². The third kappa shape index (κ3) is 3.19. The minimum Gasteiger partial charge on any atom is -0.324 e. The third-order valence-corrected chi connectivity index (χ3v) is 3.70. The Kier molecular flexibility index (Phi) is 3.99. The lowest BCUT2D eigenvalue weighted by molar-refractivity contribution is 0.817. The fourth-order valence-electron chi connectivity index (χ4n) is 1.33. The summed E-state index contributed by atoms with van der Waals surface area (Å²) in [5, 5.41) is 1.57. The maximum Gasteiger partial charge on any atom is 0.116 e. The van der Waals surface area contributed by atoms with E-state index in [0.29, 0.717) is 5.02 Å². The molecule has 0 aliphatic rings. The fraction of sp³-hybridized carbons (Fsp3) is 0.167. The predicted molar refractivity (Wildman–Crippen MR) is 70.2 cm³/mol. The summed E-state index contributed by atoms with van der Waals surface area (Å²) in [5.74, 6) is 0. The molecule has 88 valence electrons. The van der Waals surface area contributed by atoms with E-state index < -0.39 is 0 Å². The molecule has 1 aromatic carbocycles. The van der Waals surface area contributed by atoms with Gasteiger partial charge in [-0.05, 0) is 30.7 Å². The van der Waals surface area contributed by atoms with Gasteiger partial charge in [-0.15, -0.1) is 0 Å². The second-order valence-corrected chi connectivity index (χ2v) is 5.10. The molecular formula is C12H12ClN3S. The molecule has 0 unspecified atom stereocenters. The molecule has 0 aliphatic carbocycles. The highest BCUT2D eigenvalue weighted by molar-refractivity contribution is 7.99. The predicted octanol–water partition coefficient (Wildman–Crippen LogP) is 3.30. The molecule has 0 bridgehead atoms. The molecule has 17 heavy (non-hydrogen) atoms. The van der Waals surface area contributed by atoms with Gasteiger partial charge in [0, 0.05) is 17.1 Å². The first-order chi connectivity index (χ1) is 8.16. The first kappa shape index (κ1) is 12.4. The number of benzene rings is 1. The lowest BCUT2D eigenvalue weighted by Gasteiger charge is -2.08. The van der Waals surface area contributed by atoms with Gasteiger partial charge in [0.2, 0.25) is 0 Å². The largest absolute Gasteiger partial charge is 0.324 e. The number of aromatic nitrogens is 2. The Morgan fingerprint density at radius 3 is 2.76 bits per heavy atom. The Bertz CT molecular complexity index is 502. The van der Waals surface area contributed by atoms with E-state index in [2.05, 4.69) is 9.97 Å². The molecule has 0 fully saturated rings. The highest BCUT2D eigenvalue weighted by Crippen LogP contribution is 2.33. The molecule has 0 aliphatic heterocycles. The maximum absolute atomic E-state index is 6.20. The zero-order valence-corrected chi connectivity index (χ0v) is 10.9. The van der Waals surface area contributed by atoms with Crippen LogP contribution in [0.1, 0.15) is 18.5 Å². The molecule has 1 atom stereocenters. The van der Waals surface area contributed by atoms with Gasteiger partial charge in [-0.1, -0.05) is 29.4 Å². The molecule has 0 spiro atoms. The number of hydrogen-bond acceptors (Lipinski definition) is 4. The first-order valence-corrected chi connectivity index (χ1v) is 6.35. The lowest BCUT2D eigenvalue weighted by Crippen LogP contribution is -2.04. The molecule has 0 radical (unpaired) electrons. The van der Waals surface area contributed by atoms with Crippen molar-refractivity contribution in [3.63, 3.8) is 0 Å². The zero-order chi connectivity index (χ0) is 12.3. The second-order valence-electron chi connectivity index (χ2n) is 3.63. The van der Waals surface area contributed by atoms with Crippen molar-refractivity contribution >= 4 is 23.4 Å². The summed E-state index contributed by atoms with van der Waals surface area (Å²) in [6.07, 6.45) is 3.23. The average molecular weight is 266 g/mol. The highest BCUT2D eigenvalue weighted by atomic mass is 35.5. The number of nitrogens with zero attached hydrogens (tertiary/aromatic N) is 2. The summed E-state index contributed by atoms with van der Waals surface area (Å²) in [6.45, 7) is 1.93. The Morgan fingerprint density at radius 2 is 2.18 bits per heavy atom. The zero-order valence-electron chi connectivity index (χ0n) is 9.30. The smallest absolute Gasteiger partial charge is 0.116 e. The Balaban J connectivity index is 2.23. The van der Waals surface area contributed by atoms with Crippen molar-refractivity contribution in [1.82, 2.24) is 9.97 Å². The molecule has 2 aromatic rings. The van der Waals surface area contributed by atoms with E-state index in [1.807, 2.05) is 31.2 Å². The monoisotopic (exact) mass is 265 g/mol. The summed E-state index contributed by atoms with van der Waals surface area (Å²) in [6, 6.07) is 7.69. The summed E-state index contributed by atoms with van der Waals surface area (Å²) < 4.78 is 0. The van der Waals surface area contributed by atoms with Crippen LogP contribution < -0.4 is 5.73 Å². The van der Waals surface area contributed by atoms with Crippen LogP contribution in [0.25, 0.3) is 0 Å². The Labute approximate surface area is 109 Å². The van der Waals surface area contributed by atoms with Crippen LogP contribution in [0.15, 0.2) is 46.7 Å².